The molecule has 3 aromatic rings. The van der Waals surface area contributed by atoms with E-state index in [0.29, 0.717) is 17.6 Å². The highest BCUT2D eigenvalue weighted by molar-refractivity contribution is 7.99. The van der Waals surface area contributed by atoms with Crippen molar-refractivity contribution in [1.29, 1.82) is 0 Å². The molecule has 0 aliphatic rings. The Morgan fingerprint density at radius 2 is 1.89 bits per heavy atom. The Morgan fingerprint density at radius 1 is 1.11 bits per heavy atom. The number of hydrogen-bond donors (Lipinski definition) is 1. The zero-order valence-corrected chi connectivity index (χ0v) is 17.3. The van der Waals surface area contributed by atoms with Crippen LogP contribution in [0.25, 0.3) is 0 Å². The lowest BCUT2D eigenvalue weighted by Crippen LogP contribution is -2.14. The number of hydrogen-bond acceptors (Lipinski definition) is 5. The third kappa shape index (κ3) is 5.13. The molecule has 0 aliphatic carbocycles. The van der Waals surface area contributed by atoms with Gasteiger partial charge in [-0.2, -0.15) is 0 Å². The lowest BCUT2D eigenvalue weighted by Gasteiger charge is -2.10. The van der Waals surface area contributed by atoms with Gasteiger partial charge in [0.05, 0.1) is 5.75 Å². The predicted molar refractivity (Wildman–Crippen MR) is 112 cm³/mol. The van der Waals surface area contributed by atoms with E-state index in [9.17, 15) is 4.79 Å². The molecule has 0 bridgehead atoms. The molecule has 3 rings (SSSR count). The van der Waals surface area contributed by atoms with Crippen molar-refractivity contribution >= 4 is 23.4 Å². The summed E-state index contributed by atoms with van der Waals surface area (Å²) in [6.45, 7) is 6.36. The number of nitrogens with one attached hydrogen (secondary N) is 1. The fraction of sp³-hybridized carbons (Fsp3) is 0.286. The van der Waals surface area contributed by atoms with Crippen molar-refractivity contribution in [3.05, 3.63) is 65.0 Å². The molecule has 0 saturated heterocycles. The minimum atomic E-state index is -0.0771. The van der Waals surface area contributed by atoms with Crippen molar-refractivity contribution < 1.29 is 9.53 Å². The van der Waals surface area contributed by atoms with Gasteiger partial charge >= 0.3 is 0 Å². The van der Waals surface area contributed by atoms with Crippen LogP contribution in [0.1, 0.15) is 22.5 Å². The van der Waals surface area contributed by atoms with Gasteiger partial charge in [-0.1, -0.05) is 36.0 Å². The summed E-state index contributed by atoms with van der Waals surface area (Å²) in [7, 11) is 1.88. The minimum Gasteiger partial charge on any atom is -0.485 e. The number of thioether (sulfide) groups is 1. The lowest BCUT2D eigenvalue weighted by atomic mass is 10.1. The maximum Gasteiger partial charge on any atom is 0.234 e. The van der Waals surface area contributed by atoms with Crippen LogP contribution in [-0.2, 0) is 18.4 Å². The van der Waals surface area contributed by atoms with Gasteiger partial charge in [0.2, 0.25) is 5.91 Å². The van der Waals surface area contributed by atoms with Crippen LogP contribution in [0.3, 0.4) is 0 Å². The third-order valence-electron chi connectivity index (χ3n) is 4.26. The molecule has 0 atom stereocenters. The summed E-state index contributed by atoms with van der Waals surface area (Å²) >= 11 is 1.35. The molecule has 0 spiro atoms. The molecule has 146 valence electrons. The first-order valence-corrected chi connectivity index (χ1v) is 9.98. The van der Waals surface area contributed by atoms with E-state index < -0.39 is 0 Å². The van der Waals surface area contributed by atoms with E-state index in [1.165, 1.54) is 11.8 Å². The quantitative estimate of drug-likeness (QED) is 0.610. The summed E-state index contributed by atoms with van der Waals surface area (Å²) in [5, 5.41) is 11.9. The zero-order chi connectivity index (χ0) is 20.1. The van der Waals surface area contributed by atoms with Crippen LogP contribution in [0.5, 0.6) is 5.75 Å². The summed E-state index contributed by atoms with van der Waals surface area (Å²) in [5.74, 6) is 1.74. The molecule has 6 nitrogen and oxygen atoms in total. The van der Waals surface area contributed by atoms with Crippen LogP contribution in [0.15, 0.2) is 47.6 Å². The van der Waals surface area contributed by atoms with Crippen LogP contribution in [0.2, 0.25) is 0 Å². The largest absolute Gasteiger partial charge is 0.485 e. The number of benzene rings is 2. The summed E-state index contributed by atoms with van der Waals surface area (Å²) in [5.41, 5.74) is 4.13. The number of rotatable bonds is 7. The first-order chi connectivity index (χ1) is 13.4. The van der Waals surface area contributed by atoms with Gasteiger partial charge in [0, 0.05) is 12.7 Å². The Bertz CT molecular complexity index is 984. The van der Waals surface area contributed by atoms with E-state index >= 15 is 0 Å². The zero-order valence-electron chi connectivity index (χ0n) is 16.5. The summed E-state index contributed by atoms with van der Waals surface area (Å²) < 4.78 is 7.76. The summed E-state index contributed by atoms with van der Waals surface area (Å²) in [6, 6.07) is 13.8. The van der Waals surface area contributed by atoms with E-state index in [1.54, 1.807) is 0 Å². The molecule has 1 heterocycles. The van der Waals surface area contributed by atoms with Gasteiger partial charge in [0.1, 0.15) is 12.4 Å². The number of aryl methyl sites for hydroxylation is 3. The van der Waals surface area contributed by atoms with E-state index in [0.717, 1.165) is 28.1 Å². The van der Waals surface area contributed by atoms with Crippen LogP contribution in [0, 0.1) is 20.8 Å². The Hall–Kier alpha value is -2.80. The van der Waals surface area contributed by atoms with Crippen molar-refractivity contribution in [1.82, 2.24) is 14.8 Å². The number of amides is 1. The Morgan fingerprint density at radius 3 is 2.68 bits per heavy atom. The van der Waals surface area contributed by atoms with Gasteiger partial charge in [0.25, 0.3) is 0 Å². The van der Waals surface area contributed by atoms with Crippen LogP contribution >= 0.6 is 11.8 Å². The van der Waals surface area contributed by atoms with Gasteiger partial charge < -0.3 is 14.6 Å². The molecule has 7 heteroatoms. The number of carbonyl (C=O) groups excluding carboxylic acids is 1. The van der Waals surface area contributed by atoms with E-state index in [4.69, 9.17) is 4.74 Å². The SMILES string of the molecule is Cc1cccc(NC(=O)CSc2nnc(COc3cc(C)ccc3C)n2C)c1. The Balaban J connectivity index is 1.55. The van der Waals surface area contributed by atoms with Crippen LogP contribution in [0.4, 0.5) is 5.69 Å². The molecule has 0 fully saturated rings. The normalized spacial score (nSPS) is 10.7. The molecule has 0 radical (unpaired) electrons. The monoisotopic (exact) mass is 396 g/mol. The van der Waals surface area contributed by atoms with Gasteiger partial charge in [0.15, 0.2) is 11.0 Å². The van der Waals surface area contributed by atoms with Crippen molar-refractivity contribution in [2.24, 2.45) is 7.05 Å². The van der Waals surface area contributed by atoms with Crippen molar-refractivity contribution in [3.63, 3.8) is 0 Å². The number of anilines is 1. The first-order valence-electron chi connectivity index (χ1n) is 9.00. The highest BCUT2D eigenvalue weighted by Gasteiger charge is 2.13. The molecule has 28 heavy (non-hydrogen) atoms. The van der Waals surface area contributed by atoms with Gasteiger partial charge in [-0.05, 0) is 55.7 Å². The topological polar surface area (TPSA) is 69.0 Å². The van der Waals surface area contributed by atoms with E-state index in [2.05, 4.69) is 21.6 Å². The molecule has 2 aromatic carbocycles. The summed E-state index contributed by atoms with van der Waals surface area (Å²) in [4.78, 5) is 12.2. The van der Waals surface area contributed by atoms with Gasteiger partial charge in [-0.15, -0.1) is 10.2 Å². The maximum atomic E-state index is 12.2. The maximum absolute atomic E-state index is 12.2. The number of ether oxygens (including phenoxy) is 1. The van der Waals surface area contributed by atoms with Crippen molar-refractivity contribution in [2.75, 3.05) is 11.1 Å². The predicted octanol–water partition coefficient (Wildman–Crippen LogP) is 4.05. The third-order valence-corrected chi connectivity index (χ3v) is 5.28. The Labute approximate surface area is 169 Å². The second-order valence-electron chi connectivity index (χ2n) is 6.72. The van der Waals surface area contributed by atoms with Crippen LogP contribution in [-0.4, -0.2) is 26.4 Å². The average Bonchev–Trinajstić information content (AvgIpc) is 3.00. The molecule has 1 aromatic heterocycles. The summed E-state index contributed by atoms with van der Waals surface area (Å²) in [6.07, 6.45) is 0. The fourth-order valence-corrected chi connectivity index (χ4v) is 3.38. The molecule has 0 saturated carbocycles. The lowest BCUT2D eigenvalue weighted by molar-refractivity contribution is -0.113. The smallest absolute Gasteiger partial charge is 0.234 e. The minimum absolute atomic E-state index is 0.0771. The molecule has 1 N–H and O–H groups in total. The van der Waals surface area contributed by atoms with E-state index in [-0.39, 0.29) is 11.7 Å². The molecular weight excluding hydrogens is 372 g/mol. The highest BCUT2D eigenvalue weighted by atomic mass is 32.2. The first kappa shape index (κ1) is 19.9. The van der Waals surface area contributed by atoms with Gasteiger partial charge in [-0.3, -0.25) is 4.79 Å². The molecular formula is C21H24N4O2S. The Kier molecular flexibility index (Phi) is 6.36. The molecule has 0 unspecified atom stereocenters. The van der Waals surface area contributed by atoms with Crippen molar-refractivity contribution in [2.45, 2.75) is 32.5 Å². The number of nitrogens with zero attached hydrogens (tertiary/aromatic N) is 3. The second-order valence-corrected chi connectivity index (χ2v) is 7.66. The van der Waals surface area contributed by atoms with E-state index in [1.807, 2.05) is 68.8 Å². The van der Waals surface area contributed by atoms with Crippen LogP contribution < -0.4 is 10.1 Å². The molecule has 0 aliphatic heterocycles. The number of aromatic nitrogens is 3. The van der Waals surface area contributed by atoms with Gasteiger partial charge in [-0.25, -0.2) is 0 Å². The highest BCUT2D eigenvalue weighted by Crippen LogP contribution is 2.21. The second kappa shape index (κ2) is 8.93. The van der Waals surface area contributed by atoms with Crippen molar-refractivity contribution in [3.8, 4) is 5.75 Å². The average molecular weight is 397 g/mol. The number of carbonyl (C=O) groups is 1. The fourth-order valence-electron chi connectivity index (χ4n) is 2.65. The molecule has 1 amide bonds. The standard InChI is InChI=1S/C21H24N4O2S/c1-14-6-5-7-17(10-14)22-20(26)13-28-21-24-23-19(25(21)4)12-27-18-11-15(2)8-9-16(18)3/h5-11H,12-13H2,1-4H3,(H,22,26).